The largest absolute Gasteiger partial charge is 0.136 e. The zero-order valence-electron chi connectivity index (χ0n) is 9.18. The molecule has 0 aromatic heterocycles. The Balaban J connectivity index is 2.19. The Hall–Kier alpha value is -1.34. The van der Waals surface area contributed by atoms with Crippen molar-refractivity contribution in [1.29, 1.82) is 0 Å². The van der Waals surface area contributed by atoms with Crippen LogP contribution < -0.4 is 0 Å². The maximum atomic E-state index is 2.29. The lowest BCUT2D eigenvalue weighted by atomic mass is 9.86. The third kappa shape index (κ3) is 1.43. The second-order valence-electron chi connectivity index (χ2n) is 4.02. The molecule has 0 spiro atoms. The fourth-order valence-corrected chi connectivity index (χ4v) is 3.29. The van der Waals surface area contributed by atoms with E-state index in [-0.39, 0.29) is 0 Å². The van der Waals surface area contributed by atoms with Crippen molar-refractivity contribution >= 4 is 11.8 Å². The summed E-state index contributed by atoms with van der Waals surface area (Å²) in [6.07, 6.45) is 4.47. The van der Waals surface area contributed by atoms with E-state index in [0.717, 1.165) is 0 Å². The van der Waals surface area contributed by atoms with Crippen molar-refractivity contribution in [1.82, 2.24) is 0 Å². The van der Waals surface area contributed by atoms with Crippen molar-refractivity contribution in [3.63, 3.8) is 0 Å². The van der Waals surface area contributed by atoms with Gasteiger partial charge >= 0.3 is 0 Å². The second-order valence-corrected chi connectivity index (χ2v) is 4.96. The number of benzene rings is 2. The fourth-order valence-electron chi connectivity index (χ4n) is 2.35. The summed E-state index contributed by atoms with van der Waals surface area (Å²) >= 11 is 1.91. The predicted octanol–water partition coefficient (Wildman–Crippen LogP) is 4.05. The summed E-state index contributed by atoms with van der Waals surface area (Å²) in [7, 11) is 0. The summed E-state index contributed by atoms with van der Waals surface area (Å²) < 4.78 is 0. The molecule has 0 heterocycles. The molecule has 2 aromatic rings. The number of rotatable bonds is 1. The van der Waals surface area contributed by atoms with Crippen LogP contribution in [0.4, 0.5) is 0 Å². The minimum Gasteiger partial charge on any atom is -0.136 e. The molecule has 0 atom stereocenters. The Morgan fingerprint density at radius 3 is 1.88 bits per heavy atom. The van der Waals surface area contributed by atoms with E-state index in [1.54, 1.807) is 0 Å². The maximum absolute atomic E-state index is 2.29. The van der Waals surface area contributed by atoms with Crippen molar-refractivity contribution in [2.45, 2.75) is 5.25 Å². The van der Waals surface area contributed by atoms with Crippen LogP contribution in [0.1, 0.15) is 27.5 Å². The van der Waals surface area contributed by atoms with Gasteiger partial charge in [0.2, 0.25) is 0 Å². The molecule has 0 unspecified atom stereocenters. The second kappa shape index (κ2) is 3.91. The van der Waals surface area contributed by atoms with Crippen LogP contribution in [0.3, 0.4) is 0 Å². The highest BCUT2D eigenvalue weighted by molar-refractivity contribution is 7.99. The number of fused-ring (bicyclic) bond motifs is 2. The first-order valence-electron chi connectivity index (χ1n) is 5.45. The van der Waals surface area contributed by atoms with Crippen LogP contribution in [-0.2, 0) is 0 Å². The molecule has 16 heavy (non-hydrogen) atoms. The molecular formula is C15H13S+. The Kier molecular flexibility index (Phi) is 2.41. The molecule has 0 N–H and O–H groups in total. The quantitative estimate of drug-likeness (QED) is 0.660. The minimum absolute atomic E-state index is 0.484. The first kappa shape index (κ1) is 9.86. The summed E-state index contributed by atoms with van der Waals surface area (Å²) in [5.41, 5.74) is 5.60. The molecule has 0 bridgehead atoms. The van der Waals surface area contributed by atoms with E-state index < -0.39 is 0 Å². The zero-order valence-corrected chi connectivity index (χ0v) is 10.00. The molecule has 0 fully saturated rings. The molecule has 0 saturated carbocycles. The van der Waals surface area contributed by atoms with Crippen molar-refractivity contribution in [3.8, 4) is 0 Å². The molecule has 1 heteroatoms. The topological polar surface area (TPSA) is 0 Å². The molecule has 0 nitrogen and oxygen atoms in total. The lowest BCUT2D eigenvalue weighted by Crippen LogP contribution is -2.09. The van der Waals surface area contributed by atoms with Crippen LogP contribution in [0.25, 0.3) is 0 Å². The van der Waals surface area contributed by atoms with Crippen molar-refractivity contribution < 1.29 is 0 Å². The molecule has 78 valence electrons. The van der Waals surface area contributed by atoms with Gasteiger partial charge in [-0.2, -0.15) is 0 Å². The monoisotopic (exact) mass is 225 g/mol. The Bertz CT molecular complexity index is 471. The lowest BCUT2D eigenvalue weighted by Gasteiger charge is -2.20. The maximum Gasteiger partial charge on any atom is 0.110 e. The van der Waals surface area contributed by atoms with E-state index in [9.17, 15) is 0 Å². The zero-order chi connectivity index (χ0) is 11.0. The van der Waals surface area contributed by atoms with Crippen LogP contribution >= 0.6 is 11.8 Å². The summed E-state index contributed by atoms with van der Waals surface area (Å²) in [5.74, 6) is 0. The SMILES string of the molecule is CSC1c2ccccc2[CH+]c2ccccc21. The molecule has 1 aliphatic carbocycles. The first-order chi connectivity index (χ1) is 7.90. The molecule has 1 aliphatic rings. The lowest BCUT2D eigenvalue weighted by molar-refractivity contribution is 1.07. The summed E-state index contributed by atoms with van der Waals surface area (Å²) in [5, 5.41) is 0.484. The highest BCUT2D eigenvalue weighted by Crippen LogP contribution is 2.42. The van der Waals surface area contributed by atoms with Crippen LogP contribution in [0.2, 0.25) is 0 Å². The van der Waals surface area contributed by atoms with Crippen LogP contribution in [-0.4, -0.2) is 6.26 Å². The van der Waals surface area contributed by atoms with Crippen molar-refractivity contribution in [3.05, 3.63) is 77.2 Å². The molecule has 2 aromatic carbocycles. The molecule has 0 saturated heterocycles. The Morgan fingerprint density at radius 1 is 0.875 bits per heavy atom. The average molecular weight is 225 g/mol. The summed E-state index contributed by atoms with van der Waals surface area (Å²) in [4.78, 5) is 0. The molecular weight excluding hydrogens is 212 g/mol. The van der Waals surface area contributed by atoms with Gasteiger partial charge < -0.3 is 0 Å². The van der Waals surface area contributed by atoms with Gasteiger partial charge in [-0.15, -0.1) is 11.8 Å². The van der Waals surface area contributed by atoms with Gasteiger partial charge in [-0.3, -0.25) is 0 Å². The number of hydrogen-bond donors (Lipinski definition) is 0. The van der Waals surface area contributed by atoms with Gasteiger partial charge in [-0.25, -0.2) is 0 Å². The smallest absolute Gasteiger partial charge is 0.110 e. The van der Waals surface area contributed by atoms with E-state index in [4.69, 9.17) is 0 Å². The number of hydrogen-bond acceptors (Lipinski definition) is 1. The predicted molar refractivity (Wildman–Crippen MR) is 70.7 cm³/mol. The Morgan fingerprint density at radius 2 is 1.38 bits per heavy atom. The summed E-state index contributed by atoms with van der Waals surface area (Å²) in [6.45, 7) is 0. The van der Waals surface area contributed by atoms with Gasteiger partial charge in [-0.1, -0.05) is 0 Å². The third-order valence-electron chi connectivity index (χ3n) is 3.10. The van der Waals surface area contributed by atoms with Gasteiger partial charge in [0.05, 0.1) is 11.1 Å². The Labute approximate surface area is 101 Å². The normalized spacial score (nSPS) is 13.8. The van der Waals surface area contributed by atoms with Gasteiger partial charge in [0.25, 0.3) is 0 Å². The van der Waals surface area contributed by atoms with E-state index in [2.05, 4.69) is 61.2 Å². The molecule has 0 amide bonds. The molecule has 3 rings (SSSR count). The van der Waals surface area contributed by atoms with Gasteiger partial charge in [-0.05, 0) is 42.7 Å². The van der Waals surface area contributed by atoms with Crippen molar-refractivity contribution in [2.24, 2.45) is 0 Å². The molecule has 0 aliphatic heterocycles. The standard InChI is InChI=1S/C15H13S/c1-16-15-13-8-4-2-6-11(13)10-12-7-3-5-9-14(12)15/h2-10,15H,1H3/q+1. The first-order valence-corrected chi connectivity index (χ1v) is 6.74. The van der Waals surface area contributed by atoms with E-state index >= 15 is 0 Å². The van der Waals surface area contributed by atoms with Crippen LogP contribution in [0.5, 0.6) is 0 Å². The van der Waals surface area contributed by atoms with Crippen molar-refractivity contribution in [2.75, 3.05) is 6.26 Å². The van der Waals surface area contributed by atoms with E-state index in [0.29, 0.717) is 5.25 Å². The highest BCUT2D eigenvalue weighted by atomic mass is 32.2. The highest BCUT2D eigenvalue weighted by Gasteiger charge is 2.30. The van der Waals surface area contributed by atoms with Gasteiger partial charge in [0, 0.05) is 29.7 Å². The fraction of sp³-hybridized carbons (Fsp3) is 0.133. The van der Waals surface area contributed by atoms with Crippen LogP contribution in [0, 0.1) is 6.42 Å². The number of thioether (sulfide) groups is 1. The average Bonchev–Trinajstić information content (AvgIpc) is 2.36. The van der Waals surface area contributed by atoms with Crippen LogP contribution in [0.15, 0.2) is 48.5 Å². The van der Waals surface area contributed by atoms with E-state index in [1.807, 2.05) is 11.8 Å². The van der Waals surface area contributed by atoms with Gasteiger partial charge in [0.15, 0.2) is 0 Å². The summed E-state index contributed by atoms with van der Waals surface area (Å²) in [6, 6.07) is 17.4. The minimum atomic E-state index is 0.484. The van der Waals surface area contributed by atoms with E-state index in [1.165, 1.54) is 22.3 Å². The molecule has 0 radical (unpaired) electrons. The third-order valence-corrected chi connectivity index (χ3v) is 4.08. The van der Waals surface area contributed by atoms with Gasteiger partial charge in [0.1, 0.15) is 5.25 Å².